The second-order valence-corrected chi connectivity index (χ2v) is 8.63. The van der Waals surface area contributed by atoms with Crippen LogP contribution in [0.3, 0.4) is 0 Å². The number of amides is 1. The van der Waals surface area contributed by atoms with Crippen LogP contribution in [-0.2, 0) is 21.2 Å². The topological polar surface area (TPSA) is 87.5 Å². The van der Waals surface area contributed by atoms with Gasteiger partial charge in [-0.15, -0.1) is 0 Å². The monoisotopic (exact) mass is 357 g/mol. The van der Waals surface area contributed by atoms with Crippen LogP contribution in [0.1, 0.15) is 6.92 Å². The molecule has 2 rings (SSSR count). The highest BCUT2D eigenvalue weighted by molar-refractivity contribution is 7.91. The van der Waals surface area contributed by atoms with Gasteiger partial charge in [-0.3, -0.25) is 14.4 Å². The molecule has 1 saturated heterocycles. The number of likely N-dealkylation sites (N-methyl/N-ethyl adjacent to an activating group) is 1. The lowest BCUT2D eigenvalue weighted by atomic mass is 10.3. The van der Waals surface area contributed by atoms with Crippen LogP contribution >= 0.6 is 0 Å². The Labute approximate surface area is 143 Å². The second-order valence-electron chi connectivity index (χ2n) is 6.33. The van der Waals surface area contributed by atoms with Crippen molar-refractivity contribution in [2.45, 2.75) is 19.5 Å². The third-order valence-electron chi connectivity index (χ3n) is 4.39. The van der Waals surface area contributed by atoms with E-state index < -0.39 is 9.84 Å². The van der Waals surface area contributed by atoms with Gasteiger partial charge in [0.05, 0.1) is 24.6 Å². The predicted octanol–water partition coefficient (Wildman–Crippen LogP) is -0.950. The minimum Gasteiger partial charge on any atom is -0.353 e. The highest BCUT2D eigenvalue weighted by Crippen LogP contribution is 2.03. The van der Waals surface area contributed by atoms with Crippen LogP contribution in [0.4, 0.5) is 0 Å². The first kappa shape index (κ1) is 18.9. The summed E-state index contributed by atoms with van der Waals surface area (Å²) in [6.07, 6.45) is 3.69. The van der Waals surface area contributed by atoms with Gasteiger partial charge in [0, 0.05) is 44.6 Å². The fourth-order valence-electron chi connectivity index (χ4n) is 2.50. The average Bonchev–Trinajstić information content (AvgIpc) is 3.05. The Bertz CT molecular complexity index is 603. The molecule has 0 saturated carbocycles. The number of aromatic nitrogens is 2. The Balaban J connectivity index is 1.63. The Hall–Kier alpha value is -1.45. The lowest BCUT2D eigenvalue weighted by Gasteiger charge is -2.27. The molecule has 24 heavy (non-hydrogen) atoms. The quantitative estimate of drug-likeness (QED) is 0.645. The molecule has 0 bridgehead atoms. The summed E-state index contributed by atoms with van der Waals surface area (Å²) in [5.41, 5.74) is 0. The van der Waals surface area contributed by atoms with Gasteiger partial charge < -0.3 is 10.2 Å². The maximum absolute atomic E-state index is 12.0. The summed E-state index contributed by atoms with van der Waals surface area (Å²) in [5.74, 6) is 0.237. The highest BCUT2D eigenvalue weighted by Gasteiger charge is 2.23. The molecule has 1 fully saturated rings. The fraction of sp³-hybridized carbons (Fsp3) is 0.733. The van der Waals surface area contributed by atoms with Gasteiger partial charge in [-0.1, -0.05) is 0 Å². The van der Waals surface area contributed by atoms with E-state index >= 15 is 0 Å². The zero-order valence-corrected chi connectivity index (χ0v) is 15.2. The first-order valence-electron chi connectivity index (χ1n) is 8.23. The standard InChI is InChI=1S/C15H27N5O3S/c1-14(18(2)6-7-20-5-3-4-17-20)12-16-15(21)13-19-8-10-24(22,23)11-9-19/h3-5,14H,6-13H2,1-2H3,(H,16,21). The van der Waals surface area contributed by atoms with Crippen molar-refractivity contribution in [3.63, 3.8) is 0 Å². The molecular formula is C15H27N5O3S. The Morgan fingerprint density at radius 1 is 1.38 bits per heavy atom. The van der Waals surface area contributed by atoms with Crippen molar-refractivity contribution < 1.29 is 13.2 Å². The molecule has 8 nitrogen and oxygen atoms in total. The van der Waals surface area contributed by atoms with Gasteiger partial charge in [0.2, 0.25) is 5.91 Å². The smallest absolute Gasteiger partial charge is 0.234 e. The average molecular weight is 357 g/mol. The van der Waals surface area contributed by atoms with Crippen LogP contribution in [0.15, 0.2) is 18.5 Å². The van der Waals surface area contributed by atoms with Crippen molar-refractivity contribution in [2.24, 2.45) is 0 Å². The molecule has 0 spiro atoms. The molecule has 1 amide bonds. The number of nitrogens with zero attached hydrogens (tertiary/aromatic N) is 4. The summed E-state index contributed by atoms with van der Waals surface area (Å²) in [7, 11) is -0.877. The summed E-state index contributed by atoms with van der Waals surface area (Å²) in [6.45, 7) is 5.44. The Morgan fingerprint density at radius 3 is 2.71 bits per heavy atom. The number of sulfone groups is 1. The van der Waals surface area contributed by atoms with Crippen LogP contribution in [-0.4, -0.2) is 91.2 Å². The lowest BCUT2D eigenvalue weighted by molar-refractivity contribution is -0.122. The van der Waals surface area contributed by atoms with E-state index in [0.29, 0.717) is 19.6 Å². The normalized spacial score (nSPS) is 19.3. The molecule has 1 atom stereocenters. The predicted molar refractivity (Wildman–Crippen MR) is 92.4 cm³/mol. The molecule has 1 aromatic rings. The molecular weight excluding hydrogens is 330 g/mol. The minimum atomic E-state index is -2.90. The fourth-order valence-corrected chi connectivity index (χ4v) is 3.77. The van der Waals surface area contributed by atoms with E-state index in [1.807, 2.05) is 28.9 Å². The number of hydrogen-bond acceptors (Lipinski definition) is 6. The first-order valence-corrected chi connectivity index (χ1v) is 10.0. The largest absolute Gasteiger partial charge is 0.353 e. The van der Waals surface area contributed by atoms with E-state index in [1.54, 1.807) is 6.20 Å². The highest BCUT2D eigenvalue weighted by atomic mass is 32.2. The third kappa shape index (κ3) is 6.21. The minimum absolute atomic E-state index is 0.0541. The summed E-state index contributed by atoms with van der Waals surface area (Å²) in [4.78, 5) is 16.1. The van der Waals surface area contributed by atoms with Gasteiger partial charge in [-0.25, -0.2) is 8.42 Å². The van der Waals surface area contributed by atoms with E-state index in [4.69, 9.17) is 0 Å². The Kier molecular flexibility index (Phi) is 6.76. The van der Waals surface area contributed by atoms with Crippen molar-refractivity contribution in [3.8, 4) is 0 Å². The molecule has 0 aromatic carbocycles. The third-order valence-corrected chi connectivity index (χ3v) is 6.00. The lowest BCUT2D eigenvalue weighted by Crippen LogP contribution is -2.47. The summed E-state index contributed by atoms with van der Waals surface area (Å²) in [5, 5.41) is 7.10. The number of carbonyl (C=O) groups excluding carboxylic acids is 1. The van der Waals surface area contributed by atoms with Crippen molar-refractivity contribution >= 4 is 15.7 Å². The molecule has 1 unspecified atom stereocenters. The molecule has 136 valence electrons. The molecule has 0 radical (unpaired) electrons. The van der Waals surface area contributed by atoms with Gasteiger partial charge >= 0.3 is 0 Å². The van der Waals surface area contributed by atoms with E-state index in [0.717, 1.165) is 13.1 Å². The first-order chi connectivity index (χ1) is 11.4. The van der Waals surface area contributed by atoms with E-state index in [2.05, 4.69) is 22.2 Å². The number of rotatable bonds is 8. The number of nitrogens with one attached hydrogen (secondary N) is 1. The summed E-state index contributed by atoms with van der Waals surface area (Å²) < 4.78 is 24.6. The number of carbonyl (C=O) groups is 1. The van der Waals surface area contributed by atoms with Gasteiger partial charge in [-0.05, 0) is 20.0 Å². The van der Waals surface area contributed by atoms with E-state index in [1.165, 1.54) is 0 Å². The Morgan fingerprint density at radius 2 is 2.08 bits per heavy atom. The van der Waals surface area contributed by atoms with Gasteiger partial charge in [0.1, 0.15) is 0 Å². The van der Waals surface area contributed by atoms with Crippen LogP contribution in [0, 0.1) is 0 Å². The van der Waals surface area contributed by atoms with Crippen LogP contribution in [0.2, 0.25) is 0 Å². The van der Waals surface area contributed by atoms with Crippen molar-refractivity contribution in [1.82, 2.24) is 24.9 Å². The molecule has 1 aliphatic heterocycles. The molecule has 2 heterocycles. The second kappa shape index (κ2) is 8.59. The van der Waals surface area contributed by atoms with Crippen LogP contribution in [0.5, 0.6) is 0 Å². The molecule has 1 N–H and O–H groups in total. The van der Waals surface area contributed by atoms with Crippen molar-refractivity contribution in [2.75, 3.05) is 51.3 Å². The van der Waals surface area contributed by atoms with Crippen molar-refractivity contribution in [1.29, 1.82) is 0 Å². The summed E-state index contributed by atoms with van der Waals surface area (Å²) in [6, 6.07) is 2.11. The van der Waals surface area contributed by atoms with E-state index in [-0.39, 0.29) is 30.0 Å². The SMILES string of the molecule is CC(CNC(=O)CN1CCS(=O)(=O)CC1)N(C)CCn1cccn1. The number of hydrogen-bond donors (Lipinski definition) is 1. The van der Waals surface area contributed by atoms with Gasteiger partial charge in [0.15, 0.2) is 9.84 Å². The maximum atomic E-state index is 12.0. The van der Waals surface area contributed by atoms with Crippen LogP contribution in [0.25, 0.3) is 0 Å². The van der Waals surface area contributed by atoms with E-state index in [9.17, 15) is 13.2 Å². The zero-order chi connectivity index (χ0) is 17.6. The summed E-state index contributed by atoms with van der Waals surface area (Å²) >= 11 is 0. The molecule has 9 heteroatoms. The molecule has 1 aliphatic rings. The van der Waals surface area contributed by atoms with Crippen LogP contribution < -0.4 is 5.32 Å². The van der Waals surface area contributed by atoms with Crippen molar-refractivity contribution in [3.05, 3.63) is 18.5 Å². The molecule has 0 aliphatic carbocycles. The maximum Gasteiger partial charge on any atom is 0.234 e. The van der Waals surface area contributed by atoms with Gasteiger partial charge in [-0.2, -0.15) is 5.10 Å². The molecule has 1 aromatic heterocycles. The van der Waals surface area contributed by atoms with Gasteiger partial charge in [0.25, 0.3) is 0 Å². The zero-order valence-electron chi connectivity index (χ0n) is 14.4.